The van der Waals surface area contributed by atoms with E-state index < -0.39 is 0 Å². The van der Waals surface area contributed by atoms with Gasteiger partial charge in [0.1, 0.15) is 11.5 Å². The molecule has 0 saturated carbocycles. The number of aliphatic imine (C=N–C) groups is 1. The smallest absolute Gasteiger partial charge is 0.275 e. The first-order chi connectivity index (χ1) is 12.1. The SMILES string of the molecule is O=C1NC(c2cc(I)ccc2Cl)=NC1=Cc1cccc2ccccc12. The fourth-order valence-corrected chi connectivity index (χ4v) is 3.50. The fourth-order valence-electron chi connectivity index (χ4n) is 2.80. The van der Waals surface area contributed by atoms with E-state index in [4.69, 9.17) is 11.6 Å². The Morgan fingerprint density at radius 1 is 1.04 bits per heavy atom. The maximum absolute atomic E-state index is 12.4. The van der Waals surface area contributed by atoms with Gasteiger partial charge in [0.25, 0.3) is 5.91 Å². The number of halogens is 2. The van der Waals surface area contributed by atoms with Crippen molar-refractivity contribution in [3.63, 3.8) is 0 Å². The largest absolute Gasteiger partial charge is 0.305 e. The highest BCUT2D eigenvalue weighted by Crippen LogP contribution is 2.25. The van der Waals surface area contributed by atoms with Crippen LogP contribution >= 0.6 is 34.2 Å². The number of carbonyl (C=O) groups excluding carboxylic acids is 1. The van der Waals surface area contributed by atoms with Crippen LogP contribution in [0, 0.1) is 3.57 Å². The van der Waals surface area contributed by atoms with Crippen LogP contribution in [-0.2, 0) is 4.79 Å². The molecule has 1 aliphatic heterocycles. The maximum Gasteiger partial charge on any atom is 0.275 e. The second-order valence-corrected chi connectivity index (χ2v) is 7.29. The van der Waals surface area contributed by atoms with Gasteiger partial charge in [-0.15, -0.1) is 0 Å². The van der Waals surface area contributed by atoms with Crippen molar-refractivity contribution in [2.75, 3.05) is 0 Å². The minimum absolute atomic E-state index is 0.224. The highest BCUT2D eigenvalue weighted by molar-refractivity contribution is 14.1. The van der Waals surface area contributed by atoms with Crippen LogP contribution < -0.4 is 5.32 Å². The predicted octanol–water partition coefficient (Wildman–Crippen LogP) is 5.02. The molecule has 0 saturated heterocycles. The molecule has 4 rings (SSSR count). The zero-order chi connectivity index (χ0) is 17.4. The molecule has 0 aliphatic carbocycles. The summed E-state index contributed by atoms with van der Waals surface area (Å²) in [7, 11) is 0. The third kappa shape index (κ3) is 3.19. The summed E-state index contributed by atoms with van der Waals surface area (Å²) in [6.07, 6.45) is 1.81. The number of carbonyl (C=O) groups is 1. The van der Waals surface area contributed by atoms with E-state index in [2.05, 4.69) is 32.9 Å². The number of benzene rings is 3. The Hall–Kier alpha value is -2.18. The zero-order valence-electron chi connectivity index (χ0n) is 13.0. The van der Waals surface area contributed by atoms with Crippen LogP contribution in [0.5, 0.6) is 0 Å². The lowest BCUT2D eigenvalue weighted by atomic mass is 10.0. The summed E-state index contributed by atoms with van der Waals surface area (Å²) in [4.78, 5) is 16.8. The van der Waals surface area contributed by atoms with Gasteiger partial charge in [-0.05, 0) is 63.2 Å². The molecule has 5 heteroatoms. The Kier molecular flexibility index (Phi) is 4.31. The second kappa shape index (κ2) is 6.61. The van der Waals surface area contributed by atoms with Gasteiger partial charge in [-0.3, -0.25) is 4.79 Å². The molecule has 1 amide bonds. The number of hydrogen-bond donors (Lipinski definition) is 1. The first-order valence-corrected chi connectivity index (χ1v) is 9.12. The van der Waals surface area contributed by atoms with Gasteiger partial charge in [0.15, 0.2) is 0 Å². The van der Waals surface area contributed by atoms with Gasteiger partial charge in [-0.1, -0.05) is 54.1 Å². The standard InChI is InChI=1S/C20H12ClIN2O/c21-17-9-8-14(22)11-16(17)19-23-18(20(25)24-19)10-13-6-3-5-12-4-1-2-7-15(12)13/h1-11H,(H,23,24,25). The second-order valence-electron chi connectivity index (χ2n) is 5.64. The van der Waals surface area contributed by atoms with Gasteiger partial charge in [-0.25, -0.2) is 4.99 Å². The Balaban J connectivity index is 1.80. The third-order valence-corrected chi connectivity index (χ3v) is 5.00. The molecule has 122 valence electrons. The molecule has 3 nitrogen and oxygen atoms in total. The van der Waals surface area contributed by atoms with Gasteiger partial charge in [-0.2, -0.15) is 0 Å². The van der Waals surface area contributed by atoms with Gasteiger partial charge in [0.05, 0.1) is 5.02 Å². The monoisotopic (exact) mass is 458 g/mol. The van der Waals surface area contributed by atoms with Crippen LogP contribution in [0.4, 0.5) is 0 Å². The van der Waals surface area contributed by atoms with Crippen molar-refractivity contribution in [2.45, 2.75) is 0 Å². The normalized spacial score (nSPS) is 15.5. The molecule has 1 N–H and O–H groups in total. The number of nitrogens with one attached hydrogen (secondary N) is 1. The zero-order valence-corrected chi connectivity index (χ0v) is 15.9. The minimum atomic E-state index is -0.224. The van der Waals surface area contributed by atoms with Gasteiger partial charge >= 0.3 is 0 Å². The highest BCUT2D eigenvalue weighted by Gasteiger charge is 2.23. The van der Waals surface area contributed by atoms with Crippen molar-refractivity contribution in [1.29, 1.82) is 0 Å². The summed E-state index contributed by atoms with van der Waals surface area (Å²) in [5.41, 5.74) is 2.06. The average Bonchev–Trinajstić information content (AvgIpc) is 2.98. The minimum Gasteiger partial charge on any atom is -0.305 e. The molecule has 0 aromatic heterocycles. The number of rotatable bonds is 2. The molecule has 1 heterocycles. The molecule has 3 aromatic carbocycles. The Labute approximate surface area is 163 Å². The van der Waals surface area contributed by atoms with Crippen LogP contribution in [0.3, 0.4) is 0 Å². The number of hydrogen-bond acceptors (Lipinski definition) is 2. The van der Waals surface area contributed by atoms with Gasteiger partial charge in [0.2, 0.25) is 0 Å². The summed E-state index contributed by atoms with van der Waals surface area (Å²) >= 11 is 8.46. The summed E-state index contributed by atoms with van der Waals surface area (Å²) < 4.78 is 1.03. The Morgan fingerprint density at radius 2 is 1.84 bits per heavy atom. The third-order valence-electron chi connectivity index (χ3n) is 4.00. The molecule has 0 unspecified atom stereocenters. The van der Waals surface area contributed by atoms with Crippen molar-refractivity contribution in [3.05, 3.63) is 86.1 Å². The summed E-state index contributed by atoms with van der Waals surface area (Å²) in [5.74, 6) is 0.262. The molecule has 0 atom stereocenters. The summed E-state index contributed by atoms with van der Waals surface area (Å²) in [5, 5.41) is 5.58. The van der Waals surface area contributed by atoms with Crippen molar-refractivity contribution in [2.24, 2.45) is 4.99 Å². The maximum atomic E-state index is 12.4. The lowest BCUT2D eigenvalue weighted by Crippen LogP contribution is -2.25. The summed E-state index contributed by atoms with van der Waals surface area (Å²) in [6.45, 7) is 0. The van der Waals surface area contributed by atoms with Crippen molar-refractivity contribution < 1.29 is 4.79 Å². The molecule has 0 radical (unpaired) electrons. The molecule has 0 spiro atoms. The fraction of sp³-hybridized carbons (Fsp3) is 0. The van der Waals surface area contributed by atoms with Crippen LogP contribution in [0.15, 0.2) is 71.4 Å². The van der Waals surface area contributed by atoms with Crippen molar-refractivity contribution in [3.8, 4) is 0 Å². The van der Waals surface area contributed by atoms with E-state index in [1.165, 1.54) is 0 Å². The van der Waals surface area contributed by atoms with E-state index >= 15 is 0 Å². The molecular weight excluding hydrogens is 447 g/mol. The Bertz CT molecular complexity index is 1070. The van der Waals surface area contributed by atoms with E-state index in [0.29, 0.717) is 16.6 Å². The van der Waals surface area contributed by atoms with E-state index in [9.17, 15) is 4.79 Å². The predicted molar refractivity (Wildman–Crippen MR) is 111 cm³/mol. The number of nitrogens with zero attached hydrogens (tertiary/aromatic N) is 1. The van der Waals surface area contributed by atoms with Crippen molar-refractivity contribution >= 4 is 62.8 Å². The van der Waals surface area contributed by atoms with Crippen LogP contribution in [0.1, 0.15) is 11.1 Å². The molecule has 25 heavy (non-hydrogen) atoms. The quantitative estimate of drug-likeness (QED) is 0.425. The van der Waals surface area contributed by atoms with E-state index in [1.807, 2.05) is 60.7 Å². The van der Waals surface area contributed by atoms with Crippen molar-refractivity contribution in [1.82, 2.24) is 5.32 Å². The molecule has 0 bridgehead atoms. The van der Waals surface area contributed by atoms with Gasteiger partial charge in [0, 0.05) is 9.13 Å². The number of fused-ring (bicyclic) bond motifs is 1. The summed E-state index contributed by atoms with van der Waals surface area (Å²) in [6, 6.07) is 19.7. The first-order valence-electron chi connectivity index (χ1n) is 7.67. The van der Waals surface area contributed by atoms with Gasteiger partial charge < -0.3 is 5.32 Å². The number of amidine groups is 1. The first kappa shape index (κ1) is 16.3. The van der Waals surface area contributed by atoms with E-state index in [0.717, 1.165) is 25.5 Å². The highest BCUT2D eigenvalue weighted by atomic mass is 127. The van der Waals surface area contributed by atoms with E-state index in [-0.39, 0.29) is 5.91 Å². The van der Waals surface area contributed by atoms with Crippen LogP contribution in [0.2, 0.25) is 5.02 Å². The number of amides is 1. The Morgan fingerprint density at radius 3 is 2.72 bits per heavy atom. The van der Waals surface area contributed by atoms with E-state index in [1.54, 1.807) is 6.07 Å². The molecule has 0 fully saturated rings. The van der Waals surface area contributed by atoms with Crippen LogP contribution in [-0.4, -0.2) is 11.7 Å². The molecule has 1 aliphatic rings. The van der Waals surface area contributed by atoms with Crippen LogP contribution in [0.25, 0.3) is 16.8 Å². The topological polar surface area (TPSA) is 41.5 Å². The molecule has 3 aromatic rings. The lowest BCUT2D eigenvalue weighted by Gasteiger charge is -2.03. The lowest BCUT2D eigenvalue weighted by molar-refractivity contribution is -0.115. The average molecular weight is 459 g/mol. The molecular formula is C20H12ClIN2O.